The lowest BCUT2D eigenvalue weighted by atomic mass is 10.1. The monoisotopic (exact) mass is 329 g/mol. The first-order valence-corrected chi connectivity index (χ1v) is 7.63. The average molecular weight is 330 g/mol. The molecule has 0 aliphatic carbocycles. The quantitative estimate of drug-likeness (QED) is 0.755. The second-order valence-corrected chi connectivity index (χ2v) is 5.62. The van der Waals surface area contributed by atoms with Crippen LogP contribution in [0.4, 0.5) is 0 Å². The van der Waals surface area contributed by atoms with Crippen LogP contribution in [0.15, 0.2) is 54.9 Å². The molecule has 3 rings (SSSR count). The Kier molecular flexibility index (Phi) is 4.60. The zero-order valence-electron chi connectivity index (χ0n) is 12.3. The lowest BCUT2D eigenvalue weighted by molar-refractivity contribution is -0.120. The molecular weight excluding hydrogens is 314 g/mol. The van der Waals surface area contributed by atoms with Crippen LogP contribution in [0.25, 0.3) is 5.65 Å². The normalized spacial score (nSPS) is 12.3. The zero-order valence-corrected chi connectivity index (χ0v) is 13.1. The molecule has 2 aromatic heterocycles. The molecule has 0 radical (unpaired) electrons. The Bertz CT molecular complexity index is 798. The summed E-state index contributed by atoms with van der Waals surface area (Å²) in [5.74, 6) is -0.195. The summed E-state index contributed by atoms with van der Waals surface area (Å²) in [7, 11) is 0. The van der Waals surface area contributed by atoms with E-state index in [2.05, 4.69) is 10.3 Å². The van der Waals surface area contributed by atoms with Crippen molar-refractivity contribution >= 4 is 23.2 Å². The number of amides is 1. The molecule has 5 nitrogen and oxygen atoms in total. The van der Waals surface area contributed by atoms with Gasteiger partial charge in [0.05, 0.1) is 18.2 Å². The highest BCUT2D eigenvalue weighted by Crippen LogP contribution is 2.21. The fourth-order valence-electron chi connectivity index (χ4n) is 2.37. The summed E-state index contributed by atoms with van der Waals surface area (Å²) in [5.41, 5.74) is 2.08. The van der Waals surface area contributed by atoms with Crippen LogP contribution in [0.1, 0.15) is 17.4 Å². The van der Waals surface area contributed by atoms with Gasteiger partial charge in [0.2, 0.25) is 5.91 Å². The summed E-state index contributed by atoms with van der Waals surface area (Å²) in [4.78, 5) is 16.4. The van der Waals surface area contributed by atoms with Gasteiger partial charge in [0.15, 0.2) is 0 Å². The molecule has 1 aromatic carbocycles. The van der Waals surface area contributed by atoms with Gasteiger partial charge in [-0.05, 0) is 18.2 Å². The van der Waals surface area contributed by atoms with Crippen LogP contribution >= 0.6 is 11.6 Å². The highest BCUT2D eigenvalue weighted by molar-refractivity contribution is 6.31. The van der Waals surface area contributed by atoms with Crippen molar-refractivity contribution in [1.82, 2.24) is 14.7 Å². The fourth-order valence-corrected chi connectivity index (χ4v) is 2.63. The minimum atomic E-state index is -0.839. The number of hydrogen-bond donors (Lipinski definition) is 2. The van der Waals surface area contributed by atoms with Gasteiger partial charge in [-0.3, -0.25) is 4.79 Å². The van der Waals surface area contributed by atoms with Crippen LogP contribution in [-0.2, 0) is 11.2 Å². The standard InChI is InChI=1S/C17H16ClN3O2/c18-14-6-2-1-5-13(14)15(22)10-19-17(23)9-12-11-21-8-4-3-7-16(21)20-12/h1-8,11,15,22H,9-10H2,(H,19,23). The second kappa shape index (κ2) is 6.81. The Hall–Kier alpha value is -2.37. The summed E-state index contributed by atoms with van der Waals surface area (Å²) in [6.45, 7) is 0.107. The van der Waals surface area contributed by atoms with E-state index in [0.717, 1.165) is 5.65 Å². The van der Waals surface area contributed by atoms with Gasteiger partial charge in [-0.2, -0.15) is 0 Å². The fraction of sp³-hybridized carbons (Fsp3) is 0.176. The third kappa shape index (κ3) is 3.70. The van der Waals surface area contributed by atoms with Crippen molar-refractivity contribution in [3.8, 4) is 0 Å². The van der Waals surface area contributed by atoms with Gasteiger partial charge in [-0.15, -0.1) is 0 Å². The number of aliphatic hydroxyl groups excluding tert-OH is 1. The highest BCUT2D eigenvalue weighted by atomic mass is 35.5. The van der Waals surface area contributed by atoms with Crippen LogP contribution in [0.5, 0.6) is 0 Å². The molecule has 0 aliphatic heterocycles. The van der Waals surface area contributed by atoms with Crippen LogP contribution < -0.4 is 5.32 Å². The summed E-state index contributed by atoms with van der Waals surface area (Å²) in [5, 5.41) is 13.3. The first-order valence-electron chi connectivity index (χ1n) is 7.25. The molecule has 0 bridgehead atoms. The van der Waals surface area contributed by atoms with Crippen molar-refractivity contribution in [3.05, 3.63) is 71.1 Å². The Labute approximate surface area is 138 Å². The van der Waals surface area contributed by atoms with E-state index in [9.17, 15) is 9.90 Å². The Morgan fingerprint density at radius 3 is 2.83 bits per heavy atom. The molecule has 0 saturated heterocycles. The molecule has 3 aromatic rings. The lowest BCUT2D eigenvalue weighted by Crippen LogP contribution is -2.29. The van der Waals surface area contributed by atoms with Gasteiger partial charge in [0.1, 0.15) is 5.65 Å². The van der Waals surface area contributed by atoms with Gasteiger partial charge in [-0.25, -0.2) is 4.98 Å². The summed E-state index contributed by atoms with van der Waals surface area (Å²) in [6, 6.07) is 12.7. The predicted octanol–water partition coefficient (Wildman–Crippen LogP) is 2.38. The smallest absolute Gasteiger partial charge is 0.226 e. The molecule has 23 heavy (non-hydrogen) atoms. The number of benzene rings is 1. The number of halogens is 1. The molecule has 1 atom stereocenters. The van der Waals surface area contributed by atoms with Crippen LogP contribution in [-0.4, -0.2) is 26.9 Å². The van der Waals surface area contributed by atoms with Gasteiger partial charge < -0.3 is 14.8 Å². The number of pyridine rings is 1. The number of nitrogens with zero attached hydrogens (tertiary/aromatic N) is 2. The van der Waals surface area contributed by atoms with Gasteiger partial charge in [0.25, 0.3) is 0 Å². The van der Waals surface area contributed by atoms with Crippen molar-refractivity contribution < 1.29 is 9.90 Å². The van der Waals surface area contributed by atoms with Crippen LogP contribution in [0, 0.1) is 0 Å². The maximum absolute atomic E-state index is 12.0. The minimum Gasteiger partial charge on any atom is -0.387 e. The zero-order chi connectivity index (χ0) is 16.2. The maximum Gasteiger partial charge on any atom is 0.226 e. The number of aromatic nitrogens is 2. The van der Waals surface area contributed by atoms with E-state index in [4.69, 9.17) is 11.6 Å². The van der Waals surface area contributed by atoms with E-state index in [0.29, 0.717) is 16.3 Å². The minimum absolute atomic E-state index is 0.107. The first-order chi connectivity index (χ1) is 11.1. The van der Waals surface area contributed by atoms with Crippen molar-refractivity contribution in [3.63, 3.8) is 0 Å². The van der Waals surface area contributed by atoms with Crippen LogP contribution in [0.3, 0.4) is 0 Å². The Balaban J connectivity index is 1.58. The van der Waals surface area contributed by atoms with Crippen molar-refractivity contribution in [1.29, 1.82) is 0 Å². The molecule has 0 fully saturated rings. The summed E-state index contributed by atoms with van der Waals surface area (Å²) < 4.78 is 1.86. The third-order valence-electron chi connectivity index (χ3n) is 3.51. The summed E-state index contributed by atoms with van der Waals surface area (Å²) >= 11 is 6.02. The van der Waals surface area contributed by atoms with E-state index in [-0.39, 0.29) is 18.9 Å². The van der Waals surface area contributed by atoms with Crippen molar-refractivity contribution in [2.24, 2.45) is 0 Å². The van der Waals surface area contributed by atoms with E-state index < -0.39 is 6.10 Å². The molecule has 2 heterocycles. The van der Waals surface area contributed by atoms with Gasteiger partial charge >= 0.3 is 0 Å². The van der Waals surface area contributed by atoms with E-state index in [1.807, 2.05) is 35.0 Å². The van der Waals surface area contributed by atoms with Gasteiger partial charge in [0, 0.05) is 29.5 Å². The third-order valence-corrected chi connectivity index (χ3v) is 3.86. The van der Waals surface area contributed by atoms with Crippen LogP contribution in [0.2, 0.25) is 5.02 Å². The maximum atomic E-state index is 12.0. The molecule has 118 valence electrons. The van der Waals surface area contributed by atoms with E-state index in [1.165, 1.54) is 0 Å². The predicted molar refractivity (Wildman–Crippen MR) is 88.3 cm³/mol. The Morgan fingerprint density at radius 2 is 2.04 bits per heavy atom. The number of carbonyl (C=O) groups excluding carboxylic acids is 1. The summed E-state index contributed by atoms with van der Waals surface area (Å²) in [6.07, 6.45) is 3.02. The number of fused-ring (bicyclic) bond motifs is 1. The molecule has 2 N–H and O–H groups in total. The van der Waals surface area contributed by atoms with Crippen molar-refractivity contribution in [2.75, 3.05) is 6.54 Å². The molecule has 6 heteroatoms. The topological polar surface area (TPSA) is 66.6 Å². The van der Waals surface area contributed by atoms with E-state index in [1.54, 1.807) is 24.3 Å². The first kappa shape index (κ1) is 15.5. The second-order valence-electron chi connectivity index (χ2n) is 5.22. The van der Waals surface area contributed by atoms with Gasteiger partial charge in [-0.1, -0.05) is 35.9 Å². The number of hydrogen-bond acceptors (Lipinski definition) is 3. The van der Waals surface area contributed by atoms with Crippen molar-refractivity contribution in [2.45, 2.75) is 12.5 Å². The molecule has 0 aliphatic rings. The molecule has 0 spiro atoms. The van der Waals surface area contributed by atoms with E-state index >= 15 is 0 Å². The number of rotatable bonds is 5. The Morgan fingerprint density at radius 1 is 1.26 bits per heavy atom. The number of aliphatic hydroxyl groups is 1. The highest BCUT2D eigenvalue weighted by Gasteiger charge is 2.13. The lowest BCUT2D eigenvalue weighted by Gasteiger charge is -2.13. The number of imidazole rings is 1. The average Bonchev–Trinajstić information content (AvgIpc) is 2.95. The largest absolute Gasteiger partial charge is 0.387 e. The SMILES string of the molecule is O=C(Cc1cn2ccccc2n1)NCC(O)c1ccccc1Cl. The molecule has 1 amide bonds. The number of nitrogens with one attached hydrogen (secondary N) is 1. The molecular formula is C17H16ClN3O2. The molecule has 0 saturated carbocycles. The molecule has 1 unspecified atom stereocenters. The number of carbonyl (C=O) groups is 1.